The summed E-state index contributed by atoms with van der Waals surface area (Å²) in [7, 11) is 1.59. The minimum absolute atomic E-state index is 0.282. The number of methoxy groups -OCH3 is 1. The quantitative estimate of drug-likeness (QED) is 0.483. The van der Waals surface area contributed by atoms with Crippen LogP contribution in [-0.2, 0) is 6.61 Å². The highest BCUT2D eigenvalue weighted by Gasteiger charge is 2.10. The van der Waals surface area contributed by atoms with Crippen LogP contribution in [0.25, 0.3) is 0 Å². The van der Waals surface area contributed by atoms with Crippen LogP contribution in [0.2, 0.25) is 0 Å². The summed E-state index contributed by atoms with van der Waals surface area (Å²) in [5, 5.41) is 10.3. The number of aryl methyl sites for hydroxylation is 2. The van der Waals surface area contributed by atoms with Crippen LogP contribution in [0.1, 0.15) is 22.4 Å². The summed E-state index contributed by atoms with van der Waals surface area (Å²) in [6.45, 7) is 4.15. The molecule has 0 unspecified atom stereocenters. The highest BCUT2D eigenvalue weighted by Crippen LogP contribution is 2.31. The van der Waals surface area contributed by atoms with Gasteiger partial charge in [-0.15, -0.1) is 0 Å². The fraction of sp³-hybridized carbons (Fsp3) is 0.200. The van der Waals surface area contributed by atoms with Gasteiger partial charge in [0.1, 0.15) is 12.3 Å². The predicted octanol–water partition coefficient (Wildman–Crippen LogP) is 2.82. The summed E-state index contributed by atoms with van der Waals surface area (Å²) in [4.78, 5) is 15.1. The Labute approximate surface area is 162 Å². The van der Waals surface area contributed by atoms with Gasteiger partial charge < -0.3 is 9.47 Å². The average molecular weight is 379 g/mol. The molecule has 8 nitrogen and oxygen atoms in total. The molecule has 1 heterocycles. The molecule has 0 bridgehead atoms. The molecule has 3 aromatic rings. The number of hydrogen-bond acceptors (Lipinski definition) is 7. The molecule has 0 saturated heterocycles. The monoisotopic (exact) mass is 379 g/mol. The SMILES string of the molecule is COc1cccc(/C=N/Nc2nc(=O)[nH]nc2C)c1OCc1ccc(C)cc1. The second-order valence-corrected chi connectivity index (χ2v) is 6.10. The van der Waals surface area contributed by atoms with Crippen LogP contribution < -0.4 is 20.6 Å². The zero-order valence-electron chi connectivity index (χ0n) is 15.9. The van der Waals surface area contributed by atoms with Crippen LogP contribution in [0.4, 0.5) is 5.82 Å². The molecule has 2 aromatic carbocycles. The molecule has 144 valence electrons. The number of hydrogen-bond donors (Lipinski definition) is 2. The van der Waals surface area contributed by atoms with Gasteiger partial charge >= 0.3 is 5.69 Å². The van der Waals surface area contributed by atoms with E-state index in [2.05, 4.69) is 25.7 Å². The molecule has 0 spiro atoms. The van der Waals surface area contributed by atoms with Crippen molar-refractivity contribution in [2.24, 2.45) is 5.10 Å². The third-order valence-corrected chi connectivity index (χ3v) is 3.98. The van der Waals surface area contributed by atoms with Crippen molar-refractivity contribution >= 4 is 12.0 Å². The summed E-state index contributed by atoms with van der Waals surface area (Å²) in [5.74, 6) is 1.46. The van der Waals surface area contributed by atoms with E-state index in [0.29, 0.717) is 23.8 Å². The zero-order chi connectivity index (χ0) is 19.9. The summed E-state index contributed by atoms with van der Waals surface area (Å²) in [6, 6.07) is 13.6. The van der Waals surface area contributed by atoms with E-state index in [1.54, 1.807) is 20.2 Å². The van der Waals surface area contributed by atoms with Crippen molar-refractivity contribution in [2.45, 2.75) is 20.5 Å². The van der Waals surface area contributed by atoms with Gasteiger partial charge in [0.05, 0.1) is 13.3 Å². The van der Waals surface area contributed by atoms with E-state index in [0.717, 1.165) is 11.1 Å². The van der Waals surface area contributed by atoms with Gasteiger partial charge in [-0.2, -0.15) is 15.2 Å². The van der Waals surface area contributed by atoms with Gasteiger partial charge in [0.15, 0.2) is 17.3 Å². The summed E-state index contributed by atoms with van der Waals surface area (Å²) >= 11 is 0. The van der Waals surface area contributed by atoms with E-state index < -0.39 is 5.69 Å². The Kier molecular flexibility index (Phi) is 6.01. The zero-order valence-corrected chi connectivity index (χ0v) is 15.9. The minimum Gasteiger partial charge on any atom is -0.493 e. The Morgan fingerprint density at radius 1 is 1.18 bits per heavy atom. The first kappa shape index (κ1) is 19.1. The normalized spacial score (nSPS) is 10.8. The second kappa shape index (κ2) is 8.81. The minimum atomic E-state index is -0.549. The third kappa shape index (κ3) is 4.73. The van der Waals surface area contributed by atoms with Crippen LogP contribution in [-0.4, -0.2) is 28.5 Å². The molecule has 0 amide bonds. The summed E-state index contributed by atoms with van der Waals surface area (Å²) in [5.41, 5.74) is 5.66. The summed E-state index contributed by atoms with van der Waals surface area (Å²) < 4.78 is 11.4. The molecule has 0 aliphatic carbocycles. The number of benzene rings is 2. The summed E-state index contributed by atoms with van der Waals surface area (Å²) in [6.07, 6.45) is 1.58. The van der Waals surface area contributed by atoms with Crippen molar-refractivity contribution in [1.29, 1.82) is 0 Å². The van der Waals surface area contributed by atoms with Crippen molar-refractivity contribution in [3.8, 4) is 11.5 Å². The number of ether oxygens (including phenoxy) is 2. The number of aromatic nitrogens is 3. The maximum absolute atomic E-state index is 11.3. The van der Waals surface area contributed by atoms with Gasteiger partial charge in [0.25, 0.3) is 0 Å². The fourth-order valence-corrected chi connectivity index (χ4v) is 2.45. The largest absolute Gasteiger partial charge is 0.493 e. The Hall–Kier alpha value is -3.68. The highest BCUT2D eigenvalue weighted by molar-refractivity contribution is 5.85. The average Bonchev–Trinajstić information content (AvgIpc) is 2.70. The van der Waals surface area contributed by atoms with Crippen molar-refractivity contribution in [3.05, 3.63) is 75.3 Å². The van der Waals surface area contributed by atoms with Crippen molar-refractivity contribution in [1.82, 2.24) is 15.2 Å². The number of para-hydroxylation sites is 1. The molecule has 0 aliphatic heterocycles. The maximum atomic E-state index is 11.3. The lowest BCUT2D eigenvalue weighted by Crippen LogP contribution is -2.15. The fourth-order valence-electron chi connectivity index (χ4n) is 2.45. The van der Waals surface area contributed by atoms with Crippen LogP contribution in [0.5, 0.6) is 11.5 Å². The highest BCUT2D eigenvalue weighted by atomic mass is 16.5. The van der Waals surface area contributed by atoms with Gasteiger partial charge in [0.2, 0.25) is 0 Å². The molecule has 0 atom stereocenters. The topological polar surface area (TPSA) is 101 Å². The lowest BCUT2D eigenvalue weighted by Gasteiger charge is -2.13. The number of nitrogens with one attached hydrogen (secondary N) is 2. The smallest absolute Gasteiger partial charge is 0.363 e. The van der Waals surface area contributed by atoms with Crippen LogP contribution >= 0.6 is 0 Å². The Morgan fingerprint density at radius 2 is 1.96 bits per heavy atom. The first-order valence-corrected chi connectivity index (χ1v) is 8.64. The Balaban J connectivity index is 1.79. The first-order valence-electron chi connectivity index (χ1n) is 8.64. The number of hydrazone groups is 1. The van der Waals surface area contributed by atoms with Gasteiger partial charge in [-0.1, -0.05) is 35.9 Å². The van der Waals surface area contributed by atoms with Crippen molar-refractivity contribution in [3.63, 3.8) is 0 Å². The number of rotatable bonds is 7. The third-order valence-electron chi connectivity index (χ3n) is 3.98. The Morgan fingerprint density at radius 3 is 2.71 bits per heavy atom. The van der Waals surface area contributed by atoms with E-state index in [1.807, 2.05) is 49.4 Å². The molecule has 8 heteroatoms. The van der Waals surface area contributed by atoms with Crippen molar-refractivity contribution in [2.75, 3.05) is 12.5 Å². The van der Waals surface area contributed by atoms with Crippen LogP contribution in [0.15, 0.2) is 52.4 Å². The van der Waals surface area contributed by atoms with E-state index >= 15 is 0 Å². The molecule has 28 heavy (non-hydrogen) atoms. The number of nitrogens with zero attached hydrogens (tertiary/aromatic N) is 3. The first-order chi connectivity index (χ1) is 13.6. The van der Waals surface area contributed by atoms with E-state index in [-0.39, 0.29) is 5.82 Å². The van der Waals surface area contributed by atoms with Crippen LogP contribution in [0.3, 0.4) is 0 Å². The molecule has 0 radical (unpaired) electrons. The van der Waals surface area contributed by atoms with Gasteiger partial charge in [0, 0.05) is 5.56 Å². The predicted molar refractivity (Wildman–Crippen MR) is 107 cm³/mol. The van der Waals surface area contributed by atoms with Gasteiger partial charge in [-0.25, -0.2) is 9.89 Å². The van der Waals surface area contributed by atoms with E-state index in [1.165, 1.54) is 5.56 Å². The standard InChI is InChI=1S/C20H21N5O3/c1-13-7-9-15(10-8-13)12-28-18-16(5-4-6-17(18)27-3)11-21-24-19-14(2)23-25-20(26)22-19/h4-11H,12H2,1-3H3,(H2,22,24,25,26)/b21-11+. The maximum Gasteiger partial charge on any atom is 0.363 e. The molecular weight excluding hydrogens is 358 g/mol. The number of aromatic amines is 1. The van der Waals surface area contributed by atoms with E-state index in [9.17, 15) is 4.79 Å². The Bertz CT molecular complexity index is 1030. The lowest BCUT2D eigenvalue weighted by atomic mass is 10.1. The number of H-pyrrole nitrogens is 1. The molecule has 0 aliphatic rings. The van der Waals surface area contributed by atoms with Gasteiger partial charge in [-0.3, -0.25) is 5.43 Å². The molecule has 1 aromatic heterocycles. The number of anilines is 1. The van der Waals surface area contributed by atoms with E-state index in [4.69, 9.17) is 9.47 Å². The second-order valence-electron chi connectivity index (χ2n) is 6.10. The van der Waals surface area contributed by atoms with Crippen molar-refractivity contribution < 1.29 is 9.47 Å². The molecular formula is C20H21N5O3. The molecule has 3 rings (SSSR count). The van der Waals surface area contributed by atoms with Gasteiger partial charge in [-0.05, 0) is 31.5 Å². The lowest BCUT2D eigenvalue weighted by molar-refractivity contribution is 0.284. The molecule has 0 fully saturated rings. The molecule has 0 saturated carbocycles. The van der Waals surface area contributed by atoms with Crippen LogP contribution in [0, 0.1) is 13.8 Å². The molecule has 2 N–H and O–H groups in total.